The monoisotopic (exact) mass is 208 g/mol. The minimum atomic E-state index is -0.849. The van der Waals surface area contributed by atoms with E-state index in [1.807, 2.05) is 6.07 Å². The quantitative estimate of drug-likeness (QED) is 0.618. The molecule has 15 heavy (non-hydrogen) atoms. The van der Waals surface area contributed by atoms with Crippen molar-refractivity contribution in [2.75, 3.05) is 25.9 Å². The van der Waals surface area contributed by atoms with Crippen molar-refractivity contribution in [3.05, 3.63) is 23.8 Å². The largest absolute Gasteiger partial charge is 0.497 e. The zero-order valence-electron chi connectivity index (χ0n) is 8.79. The molecule has 0 bridgehead atoms. The van der Waals surface area contributed by atoms with Crippen molar-refractivity contribution in [3.63, 3.8) is 0 Å². The van der Waals surface area contributed by atoms with Crippen molar-refractivity contribution < 1.29 is 9.84 Å². The van der Waals surface area contributed by atoms with E-state index < -0.39 is 5.60 Å². The van der Waals surface area contributed by atoms with Crippen LogP contribution in [-0.2, 0) is 5.60 Å². The number of hydrogen-bond donors (Lipinski definition) is 3. The van der Waals surface area contributed by atoms with Crippen molar-refractivity contribution >= 4 is 5.69 Å². The van der Waals surface area contributed by atoms with Gasteiger partial charge in [0.05, 0.1) is 7.11 Å². The molecule has 1 atom stereocenters. The SMILES string of the molecule is COc1ccc(N)c(C2(O)CCNC2)c1. The average molecular weight is 208 g/mol. The molecule has 0 aromatic heterocycles. The Kier molecular flexibility index (Phi) is 2.54. The number of nitrogens with one attached hydrogen (secondary N) is 1. The van der Waals surface area contributed by atoms with Gasteiger partial charge in [0, 0.05) is 17.8 Å². The molecule has 1 unspecified atom stereocenters. The highest BCUT2D eigenvalue weighted by Crippen LogP contribution is 2.34. The Morgan fingerprint density at radius 3 is 2.93 bits per heavy atom. The molecule has 0 saturated carbocycles. The van der Waals surface area contributed by atoms with Crippen molar-refractivity contribution in [3.8, 4) is 5.75 Å². The number of rotatable bonds is 2. The number of hydrogen-bond acceptors (Lipinski definition) is 4. The highest BCUT2D eigenvalue weighted by atomic mass is 16.5. The second-order valence-electron chi connectivity index (χ2n) is 3.91. The molecule has 4 heteroatoms. The topological polar surface area (TPSA) is 67.5 Å². The summed E-state index contributed by atoms with van der Waals surface area (Å²) in [6.07, 6.45) is 0.685. The van der Waals surface area contributed by atoms with Crippen LogP contribution >= 0.6 is 0 Å². The molecule has 82 valence electrons. The first-order chi connectivity index (χ1) is 7.15. The van der Waals surface area contributed by atoms with E-state index in [0.717, 1.165) is 17.9 Å². The molecule has 1 aliphatic rings. The van der Waals surface area contributed by atoms with E-state index in [4.69, 9.17) is 10.5 Å². The van der Waals surface area contributed by atoms with Gasteiger partial charge >= 0.3 is 0 Å². The molecule has 0 amide bonds. The lowest BCUT2D eigenvalue weighted by Crippen LogP contribution is -2.29. The fourth-order valence-corrected chi connectivity index (χ4v) is 1.97. The summed E-state index contributed by atoms with van der Waals surface area (Å²) >= 11 is 0. The summed E-state index contributed by atoms with van der Waals surface area (Å²) in [5.74, 6) is 0.722. The van der Waals surface area contributed by atoms with Gasteiger partial charge in [-0.05, 0) is 31.2 Å². The van der Waals surface area contributed by atoms with Crippen LogP contribution in [0.5, 0.6) is 5.75 Å². The number of β-amino-alcohol motifs (C(OH)–C–C–N with tert-alkyl or cyclic N) is 1. The molecular weight excluding hydrogens is 192 g/mol. The summed E-state index contributed by atoms with van der Waals surface area (Å²) in [6, 6.07) is 5.37. The fraction of sp³-hybridized carbons (Fsp3) is 0.455. The fourth-order valence-electron chi connectivity index (χ4n) is 1.97. The number of anilines is 1. The molecule has 0 radical (unpaired) electrons. The molecule has 1 aromatic carbocycles. The van der Waals surface area contributed by atoms with E-state index in [9.17, 15) is 5.11 Å². The molecule has 4 N–H and O–H groups in total. The lowest BCUT2D eigenvalue weighted by Gasteiger charge is -2.24. The minimum absolute atomic E-state index is 0.546. The third kappa shape index (κ3) is 1.78. The zero-order valence-corrected chi connectivity index (χ0v) is 8.79. The first-order valence-electron chi connectivity index (χ1n) is 5.03. The Labute approximate surface area is 89.0 Å². The van der Waals surface area contributed by atoms with Crippen LogP contribution in [0.4, 0.5) is 5.69 Å². The lowest BCUT2D eigenvalue weighted by atomic mass is 9.91. The molecule has 0 spiro atoms. The van der Waals surface area contributed by atoms with Crippen molar-refractivity contribution in [1.29, 1.82) is 0 Å². The summed E-state index contributed by atoms with van der Waals surface area (Å²) in [5, 5.41) is 13.5. The van der Waals surface area contributed by atoms with E-state index in [1.54, 1.807) is 19.2 Å². The minimum Gasteiger partial charge on any atom is -0.497 e. The summed E-state index contributed by atoms with van der Waals surface area (Å²) in [7, 11) is 1.60. The highest BCUT2D eigenvalue weighted by molar-refractivity contribution is 5.53. The van der Waals surface area contributed by atoms with Crippen LogP contribution in [0.25, 0.3) is 0 Å². The Morgan fingerprint density at radius 1 is 1.53 bits per heavy atom. The normalized spacial score (nSPS) is 25.5. The summed E-state index contributed by atoms with van der Waals surface area (Å²) < 4.78 is 5.13. The number of aliphatic hydroxyl groups is 1. The summed E-state index contributed by atoms with van der Waals surface area (Å²) in [6.45, 7) is 1.36. The van der Waals surface area contributed by atoms with Gasteiger partial charge in [-0.25, -0.2) is 0 Å². The van der Waals surface area contributed by atoms with Crippen LogP contribution in [0.15, 0.2) is 18.2 Å². The van der Waals surface area contributed by atoms with Crippen LogP contribution in [-0.4, -0.2) is 25.3 Å². The van der Waals surface area contributed by atoms with E-state index >= 15 is 0 Å². The van der Waals surface area contributed by atoms with Gasteiger partial charge in [-0.1, -0.05) is 0 Å². The predicted octanol–water partition coefficient (Wildman–Crippen LogP) is 0.458. The maximum absolute atomic E-state index is 10.4. The third-order valence-corrected chi connectivity index (χ3v) is 2.89. The smallest absolute Gasteiger partial charge is 0.119 e. The Bertz CT molecular complexity index is 360. The van der Waals surface area contributed by atoms with Gasteiger partial charge in [-0.3, -0.25) is 0 Å². The lowest BCUT2D eigenvalue weighted by molar-refractivity contribution is 0.0593. The van der Waals surface area contributed by atoms with Crippen molar-refractivity contribution in [1.82, 2.24) is 5.32 Å². The average Bonchev–Trinajstić information content (AvgIpc) is 2.67. The van der Waals surface area contributed by atoms with Gasteiger partial charge in [0.1, 0.15) is 11.4 Å². The van der Waals surface area contributed by atoms with Gasteiger partial charge < -0.3 is 20.9 Å². The molecule has 4 nitrogen and oxygen atoms in total. The van der Waals surface area contributed by atoms with E-state index in [0.29, 0.717) is 18.7 Å². The molecule has 2 rings (SSSR count). The second kappa shape index (κ2) is 3.72. The van der Waals surface area contributed by atoms with Crippen molar-refractivity contribution in [2.24, 2.45) is 0 Å². The maximum Gasteiger partial charge on any atom is 0.119 e. The van der Waals surface area contributed by atoms with Crippen LogP contribution in [0.3, 0.4) is 0 Å². The molecule has 1 saturated heterocycles. The van der Waals surface area contributed by atoms with E-state index in [-0.39, 0.29) is 0 Å². The molecule has 1 aliphatic heterocycles. The zero-order chi connectivity index (χ0) is 10.9. The summed E-state index contributed by atoms with van der Waals surface area (Å²) in [4.78, 5) is 0. The van der Waals surface area contributed by atoms with Gasteiger partial charge in [-0.2, -0.15) is 0 Å². The van der Waals surface area contributed by atoms with Gasteiger partial charge in [0.2, 0.25) is 0 Å². The number of ether oxygens (including phenoxy) is 1. The Balaban J connectivity index is 2.41. The number of nitrogen functional groups attached to an aromatic ring is 1. The summed E-state index contributed by atoms with van der Waals surface area (Å²) in [5.41, 5.74) is 6.39. The Morgan fingerprint density at radius 2 is 2.33 bits per heavy atom. The van der Waals surface area contributed by atoms with Crippen molar-refractivity contribution in [2.45, 2.75) is 12.0 Å². The molecule has 1 fully saturated rings. The number of nitrogens with two attached hydrogens (primary N) is 1. The molecule has 0 aliphatic carbocycles. The maximum atomic E-state index is 10.4. The van der Waals surface area contributed by atoms with Crippen LogP contribution < -0.4 is 15.8 Å². The van der Waals surface area contributed by atoms with E-state index in [1.165, 1.54) is 0 Å². The van der Waals surface area contributed by atoms with Crippen LogP contribution in [0.2, 0.25) is 0 Å². The third-order valence-electron chi connectivity index (χ3n) is 2.89. The number of benzene rings is 1. The van der Waals surface area contributed by atoms with Gasteiger partial charge in [0.15, 0.2) is 0 Å². The first kappa shape index (κ1) is 10.3. The molecular formula is C11H16N2O2. The number of methoxy groups -OCH3 is 1. The van der Waals surface area contributed by atoms with E-state index in [2.05, 4.69) is 5.32 Å². The van der Waals surface area contributed by atoms with Crippen LogP contribution in [0.1, 0.15) is 12.0 Å². The first-order valence-corrected chi connectivity index (χ1v) is 5.03. The molecule has 1 aromatic rings. The van der Waals surface area contributed by atoms with Gasteiger partial charge in [0.25, 0.3) is 0 Å². The van der Waals surface area contributed by atoms with Gasteiger partial charge in [-0.15, -0.1) is 0 Å². The standard InChI is InChI=1S/C11H16N2O2/c1-15-8-2-3-10(12)9(6-8)11(14)4-5-13-7-11/h2-3,6,13-14H,4-5,7,12H2,1H3. The molecule has 1 heterocycles. The Hall–Kier alpha value is -1.26. The predicted molar refractivity (Wildman–Crippen MR) is 58.8 cm³/mol. The second-order valence-corrected chi connectivity index (χ2v) is 3.91. The highest BCUT2D eigenvalue weighted by Gasteiger charge is 2.34. The van der Waals surface area contributed by atoms with Crippen LogP contribution in [0, 0.1) is 0 Å².